The Morgan fingerprint density at radius 2 is 1.90 bits per heavy atom. The minimum absolute atomic E-state index is 0.0983. The van der Waals surface area contributed by atoms with Crippen LogP contribution in [0.25, 0.3) is 17.0 Å². The highest BCUT2D eigenvalue weighted by atomic mass is 16.5. The highest BCUT2D eigenvalue weighted by molar-refractivity contribution is 6.11. The molecule has 3 nitrogen and oxygen atoms in total. The Morgan fingerprint density at radius 1 is 1.10 bits per heavy atom. The van der Waals surface area contributed by atoms with Gasteiger partial charge in [-0.2, -0.15) is 0 Å². The summed E-state index contributed by atoms with van der Waals surface area (Å²) in [5.41, 5.74) is 2.21. The molecule has 1 heterocycles. The molecule has 3 heteroatoms. The van der Waals surface area contributed by atoms with Crippen molar-refractivity contribution >= 4 is 22.8 Å². The normalized spacial score (nSPS) is 11.1. The zero-order chi connectivity index (χ0) is 14.7. The predicted molar refractivity (Wildman–Crippen MR) is 82.6 cm³/mol. The molecule has 104 valence electrons. The smallest absolute Gasteiger partial charge is 0.189 e. The molecule has 2 aromatic carbocycles. The standard InChI is InChI=1S/C18H14O3/c1-20-18-14(8-10-17-15(18)11-12-21-17)16(19)9-7-13-5-3-2-4-6-13/h2-12H,1H3/b9-7+. The Hall–Kier alpha value is -2.81. The molecule has 0 fully saturated rings. The van der Waals surface area contributed by atoms with Crippen LogP contribution in [0.2, 0.25) is 0 Å². The van der Waals surface area contributed by atoms with Crippen molar-refractivity contribution in [2.24, 2.45) is 0 Å². The summed E-state index contributed by atoms with van der Waals surface area (Å²) < 4.78 is 10.7. The topological polar surface area (TPSA) is 39.4 Å². The first kappa shape index (κ1) is 13.2. The predicted octanol–water partition coefficient (Wildman–Crippen LogP) is 4.34. The van der Waals surface area contributed by atoms with Crippen LogP contribution < -0.4 is 4.74 Å². The van der Waals surface area contributed by atoms with Crippen LogP contribution in [0.4, 0.5) is 0 Å². The van der Waals surface area contributed by atoms with E-state index in [0.29, 0.717) is 16.9 Å². The molecule has 0 radical (unpaired) electrons. The van der Waals surface area contributed by atoms with Crippen molar-refractivity contribution in [2.45, 2.75) is 0 Å². The number of rotatable bonds is 4. The van der Waals surface area contributed by atoms with Gasteiger partial charge in [0.1, 0.15) is 11.3 Å². The van der Waals surface area contributed by atoms with E-state index in [1.165, 1.54) is 0 Å². The number of allylic oxidation sites excluding steroid dienone is 1. The second-order valence-electron chi connectivity index (χ2n) is 4.59. The summed E-state index contributed by atoms with van der Waals surface area (Å²) in [6, 6.07) is 15.0. The van der Waals surface area contributed by atoms with Crippen molar-refractivity contribution in [3.63, 3.8) is 0 Å². The van der Waals surface area contributed by atoms with Crippen LogP contribution in [0, 0.1) is 0 Å². The Bertz CT molecular complexity index is 798. The number of benzene rings is 2. The molecule has 0 N–H and O–H groups in total. The van der Waals surface area contributed by atoms with E-state index in [-0.39, 0.29) is 5.78 Å². The molecule has 0 aliphatic carbocycles. The van der Waals surface area contributed by atoms with Crippen LogP contribution in [0.5, 0.6) is 5.75 Å². The molecule has 1 aromatic heterocycles. The molecule has 0 amide bonds. The fourth-order valence-electron chi connectivity index (χ4n) is 2.26. The molecule has 0 aliphatic heterocycles. The molecule has 21 heavy (non-hydrogen) atoms. The lowest BCUT2D eigenvalue weighted by Crippen LogP contribution is -1.99. The van der Waals surface area contributed by atoms with Crippen molar-refractivity contribution in [3.05, 3.63) is 72.0 Å². The van der Waals surface area contributed by atoms with E-state index in [4.69, 9.17) is 9.15 Å². The lowest BCUT2D eigenvalue weighted by molar-refractivity contribution is 0.104. The van der Waals surface area contributed by atoms with Gasteiger partial charge >= 0.3 is 0 Å². The van der Waals surface area contributed by atoms with Gasteiger partial charge in [0.25, 0.3) is 0 Å². The summed E-state index contributed by atoms with van der Waals surface area (Å²) in [6.45, 7) is 0. The molecule has 0 unspecified atom stereocenters. The SMILES string of the molecule is COc1c(C(=O)/C=C/c2ccccc2)ccc2occc12. The third kappa shape index (κ3) is 2.58. The summed E-state index contributed by atoms with van der Waals surface area (Å²) in [5.74, 6) is 0.447. The van der Waals surface area contributed by atoms with Gasteiger partial charge in [-0.3, -0.25) is 4.79 Å². The third-order valence-electron chi connectivity index (χ3n) is 3.28. The maximum Gasteiger partial charge on any atom is 0.189 e. The monoisotopic (exact) mass is 278 g/mol. The largest absolute Gasteiger partial charge is 0.495 e. The second-order valence-corrected chi connectivity index (χ2v) is 4.59. The van der Waals surface area contributed by atoms with Gasteiger partial charge in [-0.25, -0.2) is 0 Å². The van der Waals surface area contributed by atoms with Gasteiger partial charge in [0.2, 0.25) is 0 Å². The first-order valence-corrected chi connectivity index (χ1v) is 6.61. The number of methoxy groups -OCH3 is 1. The molecule has 3 rings (SSSR count). The number of hydrogen-bond acceptors (Lipinski definition) is 3. The summed E-state index contributed by atoms with van der Waals surface area (Å²) in [4.78, 5) is 12.4. The average molecular weight is 278 g/mol. The van der Waals surface area contributed by atoms with Crippen molar-refractivity contribution in [1.29, 1.82) is 0 Å². The summed E-state index contributed by atoms with van der Waals surface area (Å²) in [7, 11) is 1.56. The van der Waals surface area contributed by atoms with Crippen molar-refractivity contribution in [1.82, 2.24) is 0 Å². The number of fused-ring (bicyclic) bond motifs is 1. The maximum absolute atomic E-state index is 12.4. The van der Waals surface area contributed by atoms with Gasteiger partial charge in [0.05, 0.1) is 24.3 Å². The van der Waals surface area contributed by atoms with Crippen LogP contribution in [-0.2, 0) is 0 Å². The van der Waals surface area contributed by atoms with Crippen LogP contribution in [-0.4, -0.2) is 12.9 Å². The molecule has 0 spiro atoms. The van der Waals surface area contributed by atoms with Gasteiger partial charge in [0, 0.05) is 0 Å². The van der Waals surface area contributed by atoms with Crippen LogP contribution in [0.3, 0.4) is 0 Å². The van der Waals surface area contributed by atoms with Crippen LogP contribution in [0.1, 0.15) is 15.9 Å². The van der Waals surface area contributed by atoms with Crippen molar-refractivity contribution < 1.29 is 13.9 Å². The van der Waals surface area contributed by atoms with Gasteiger partial charge < -0.3 is 9.15 Å². The lowest BCUT2D eigenvalue weighted by Gasteiger charge is -2.06. The minimum atomic E-state index is -0.0983. The van der Waals surface area contributed by atoms with E-state index in [1.54, 1.807) is 43.7 Å². The van der Waals surface area contributed by atoms with Gasteiger partial charge in [-0.15, -0.1) is 0 Å². The summed E-state index contributed by atoms with van der Waals surface area (Å²) in [5, 5.41) is 0.802. The van der Waals surface area contributed by atoms with Crippen LogP contribution in [0.15, 0.2) is 65.3 Å². The number of ether oxygens (including phenoxy) is 1. The number of hydrogen-bond donors (Lipinski definition) is 0. The van der Waals surface area contributed by atoms with Crippen molar-refractivity contribution in [2.75, 3.05) is 7.11 Å². The van der Waals surface area contributed by atoms with Crippen molar-refractivity contribution in [3.8, 4) is 5.75 Å². The quantitative estimate of drug-likeness (QED) is 0.526. The lowest BCUT2D eigenvalue weighted by atomic mass is 10.1. The zero-order valence-electron chi connectivity index (χ0n) is 11.6. The highest BCUT2D eigenvalue weighted by Crippen LogP contribution is 2.31. The Morgan fingerprint density at radius 3 is 2.67 bits per heavy atom. The molecule has 0 aliphatic rings. The molecule has 0 bridgehead atoms. The Kier molecular flexibility index (Phi) is 3.56. The second kappa shape index (κ2) is 5.67. The van der Waals surface area contributed by atoms with Gasteiger partial charge in [0.15, 0.2) is 5.78 Å². The summed E-state index contributed by atoms with van der Waals surface area (Å²) >= 11 is 0. The van der Waals surface area contributed by atoms with E-state index in [2.05, 4.69) is 0 Å². The highest BCUT2D eigenvalue weighted by Gasteiger charge is 2.14. The molecule has 3 aromatic rings. The van der Waals surface area contributed by atoms with Gasteiger partial charge in [-0.1, -0.05) is 36.4 Å². The third-order valence-corrected chi connectivity index (χ3v) is 3.28. The van der Waals surface area contributed by atoms with E-state index < -0.39 is 0 Å². The van der Waals surface area contributed by atoms with E-state index in [9.17, 15) is 4.79 Å². The average Bonchev–Trinajstić information content (AvgIpc) is 3.01. The maximum atomic E-state index is 12.4. The van der Waals surface area contributed by atoms with Crippen LogP contribution >= 0.6 is 0 Å². The number of ketones is 1. The van der Waals surface area contributed by atoms with E-state index in [1.807, 2.05) is 30.3 Å². The van der Waals surface area contributed by atoms with Gasteiger partial charge in [-0.05, 0) is 29.8 Å². The fraction of sp³-hybridized carbons (Fsp3) is 0.0556. The fourth-order valence-corrected chi connectivity index (χ4v) is 2.26. The molecule has 0 saturated heterocycles. The molecular formula is C18H14O3. The first-order chi connectivity index (χ1) is 10.3. The number of carbonyl (C=O) groups is 1. The molecular weight excluding hydrogens is 264 g/mol. The minimum Gasteiger partial charge on any atom is -0.495 e. The Labute approximate surface area is 122 Å². The Balaban J connectivity index is 1.96. The zero-order valence-corrected chi connectivity index (χ0v) is 11.6. The first-order valence-electron chi connectivity index (χ1n) is 6.61. The number of furan rings is 1. The summed E-state index contributed by atoms with van der Waals surface area (Å²) in [6.07, 6.45) is 4.93. The molecule has 0 atom stereocenters. The van der Waals surface area contributed by atoms with E-state index >= 15 is 0 Å². The van der Waals surface area contributed by atoms with E-state index in [0.717, 1.165) is 10.9 Å². The number of carbonyl (C=O) groups excluding carboxylic acids is 1. The molecule has 0 saturated carbocycles.